The third kappa shape index (κ3) is 4.07. The van der Waals surface area contributed by atoms with Crippen molar-refractivity contribution in [3.05, 3.63) is 0 Å². The van der Waals surface area contributed by atoms with Crippen LogP contribution in [0.25, 0.3) is 0 Å². The Morgan fingerprint density at radius 1 is 1.64 bits per heavy atom. The van der Waals surface area contributed by atoms with Gasteiger partial charge in [0, 0.05) is 25.6 Å². The average molecular weight is 200 g/mol. The largest absolute Gasteiger partial charge is 0.383 e. The van der Waals surface area contributed by atoms with E-state index in [1.165, 1.54) is 12.8 Å². The van der Waals surface area contributed by atoms with Gasteiger partial charge in [-0.1, -0.05) is 0 Å². The zero-order valence-corrected chi connectivity index (χ0v) is 8.95. The lowest BCUT2D eigenvalue weighted by Gasteiger charge is -2.15. The van der Waals surface area contributed by atoms with Gasteiger partial charge in [-0.2, -0.15) is 0 Å². The van der Waals surface area contributed by atoms with Gasteiger partial charge in [-0.25, -0.2) is 0 Å². The van der Waals surface area contributed by atoms with Crippen LogP contribution in [0.1, 0.15) is 26.2 Å². The number of hydrogen-bond acceptors (Lipinski definition) is 3. The van der Waals surface area contributed by atoms with Crippen LogP contribution in [0.15, 0.2) is 0 Å². The highest BCUT2D eigenvalue weighted by Crippen LogP contribution is 2.32. The summed E-state index contributed by atoms with van der Waals surface area (Å²) in [6.45, 7) is 2.47. The van der Waals surface area contributed by atoms with E-state index < -0.39 is 0 Å². The fourth-order valence-electron chi connectivity index (χ4n) is 1.53. The maximum atomic E-state index is 11.4. The Morgan fingerprint density at radius 2 is 2.29 bits per heavy atom. The van der Waals surface area contributed by atoms with E-state index in [2.05, 4.69) is 5.32 Å². The number of rotatable bonds is 6. The third-order valence-electron chi connectivity index (χ3n) is 2.47. The van der Waals surface area contributed by atoms with Crippen molar-refractivity contribution in [3.8, 4) is 0 Å². The molecule has 82 valence electrons. The molecule has 1 rings (SSSR count). The van der Waals surface area contributed by atoms with Gasteiger partial charge >= 0.3 is 0 Å². The lowest BCUT2D eigenvalue weighted by atomic mass is 10.1. The van der Waals surface area contributed by atoms with Crippen molar-refractivity contribution < 1.29 is 9.53 Å². The van der Waals surface area contributed by atoms with Crippen LogP contribution in [0.4, 0.5) is 0 Å². The Bertz CT molecular complexity index is 193. The summed E-state index contributed by atoms with van der Waals surface area (Å²) in [5.41, 5.74) is 5.84. The number of hydrogen-bond donors (Lipinski definition) is 2. The maximum Gasteiger partial charge on any atom is 0.221 e. The van der Waals surface area contributed by atoms with E-state index in [-0.39, 0.29) is 18.0 Å². The first-order chi connectivity index (χ1) is 6.63. The van der Waals surface area contributed by atoms with Gasteiger partial charge in [0.05, 0.1) is 6.61 Å². The van der Waals surface area contributed by atoms with Crippen LogP contribution in [0, 0.1) is 5.92 Å². The zero-order chi connectivity index (χ0) is 10.6. The molecule has 14 heavy (non-hydrogen) atoms. The van der Waals surface area contributed by atoms with Crippen molar-refractivity contribution in [2.24, 2.45) is 11.7 Å². The summed E-state index contributed by atoms with van der Waals surface area (Å²) in [6.07, 6.45) is 2.81. The molecule has 2 atom stereocenters. The van der Waals surface area contributed by atoms with Gasteiger partial charge in [-0.15, -0.1) is 0 Å². The first kappa shape index (κ1) is 11.5. The summed E-state index contributed by atoms with van der Waals surface area (Å²) in [5, 5.41) is 2.85. The molecule has 1 amide bonds. The number of amides is 1. The van der Waals surface area contributed by atoms with Crippen LogP contribution in [0.5, 0.6) is 0 Å². The molecule has 0 aromatic heterocycles. The summed E-state index contributed by atoms with van der Waals surface area (Å²) >= 11 is 0. The second kappa shape index (κ2) is 5.32. The van der Waals surface area contributed by atoms with Crippen LogP contribution in [0.3, 0.4) is 0 Å². The average Bonchev–Trinajstić information content (AvgIpc) is 2.85. The lowest BCUT2D eigenvalue weighted by Crippen LogP contribution is -2.39. The van der Waals surface area contributed by atoms with E-state index in [4.69, 9.17) is 10.5 Å². The molecule has 1 aliphatic rings. The number of nitrogens with two attached hydrogens (primary N) is 1. The van der Waals surface area contributed by atoms with E-state index in [0.29, 0.717) is 18.9 Å². The first-order valence-electron chi connectivity index (χ1n) is 5.17. The summed E-state index contributed by atoms with van der Waals surface area (Å²) in [5.74, 6) is 0.618. The van der Waals surface area contributed by atoms with Gasteiger partial charge in [0.1, 0.15) is 0 Å². The van der Waals surface area contributed by atoms with Crippen LogP contribution in [0.2, 0.25) is 0 Å². The molecular weight excluding hydrogens is 180 g/mol. The molecule has 0 aliphatic heterocycles. The molecule has 1 saturated carbocycles. The third-order valence-corrected chi connectivity index (χ3v) is 2.47. The topological polar surface area (TPSA) is 64.3 Å². The lowest BCUT2D eigenvalue weighted by molar-refractivity contribution is -0.122. The van der Waals surface area contributed by atoms with Crippen molar-refractivity contribution in [2.75, 3.05) is 13.7 Å². The molecule has 0 bridgehead atoms. The van der Waals surface area contributed by atoms with Gasteiger partial charge in [-0.3, -0.25) is 4.79 Å². The van der Waals surface area contributed by atoms with Gasteiger partial charge in [0.25, 0.3) is 0 Å². The fourth-order valence-corrected chi connectivity index (χ4v) is 1.53. The molecule has 0 spiro atoms. The van der Waals surface area contributed by atoms with Crippen LogP contribution < -0.4 is 11.1 Å². The Balaban J connectivity index is 2.13. The number of nitrogens with one attached hydrogen (secondary N) is 1. The quantitative estimate of drug-likeness (QED) is 0.646. The highest BCUT2D eigenvalue weighted by Gasteiger charge is 2.29. The molecule has 3 N–H and O–H groups in total. The van der Waals surface area contributed by atoms with Crippen molar-refractivity contribution in [1.29, 1.82) is 0 Å². The monoisotopic (exact) mass is 200 g/mol. The second-order valence-corrected chi connectivity index (χ2v) is 4.13. The predicted molar refractivity (Wildman–Crippen MR) is 54.8 cm³/mol. The van der Waals surface area contributed by atoms with Crippen LogP contribution in [-0.4, -0.2) is 31.7 Å². The first-order valence-corrected chi connectivity index (χ1v) is 5.17. The molecule has 2 unspecified atom stereocenters. The van der Waals surface area contributed by atoms with E-state index in [9.17, 15) is 4.79 Å². The van der Waals surface area contributed by atoms with E-state index >= 15 is 0 Å². The SMILES string of the molecule is COCC(C)NC(=O)CC(N)C1CC1. The molecule has 0 saturated heterocycles. The molecule has 0 heterocycles. The molecule has 4 nitrogen and oxygen atoms in total. The second-order valence-electron chi connectivity index (χ2n) is 4.13. The Kier molecular flexibility index (Phi) is 4.35. The van der Waals surface area contributed by atoms with Crippen molar-refractivity contribution in [2.45, 2.75) is 38.3 Å². The minimum absolute atomic E-state index is 0.0361. The van der Waals surface area contributed by atoms with Crippen molar-refractivity contribution in [1.82, 2.24) is 5.32 Å². The molecule has 1 fully saturated rings. The Hall–Kier alpha value is -0.610. The predicted octanol–water partition coefficient (Wildman–Crippen LogP) is 0.265. The van der Waals surface area contributed by atoms with Crippen molar-refractivity contribution in [3.63, 3.8) is 0 Å². The van der Waals surface area contributed by atoms with Crippen LogP contribution in [-0.2, 0) is 9.53 Å². The Morgan fingerprint density at radius 3 is 2.79 bits per heavy atom. The molecular formula is C10H20N2O2. The fraction of sp³-hybridized carbons (Fsp3) is 0.900. The van der Waals surface area contributed by atoms with Gasteiger partial charge < -0.3 is 15.8 Å². The zero-order valence-electron chi connectivity index (χ0n) is 8.95. The van der Waals surface area contributed by atoms with Gasteiger partial charge in [-0.05, 0) is 25.7 Å². The number of carbonyl (C=O) groups is 1. The molecule has 1 aliphatic carbocycles. The summed E-state index contributed by atoms with van der Waals surface area (Å²) < 4.78 is 4.92. The summed E-state index contributed by atoms with van der Waals surface area (Å²) in [6, 6.07) is 0.114. The normalized spacial score (nSPS) is 20.2. The smallest absolute Gasteiger partial charge is 0.221 e. The number of carbonyl (C=O) groups excluding carboxylic acids is 1. The standard InChI is InChI=1S/C10H20N2O2/c1-7(6-14-2)12-10(13)5-9(11)8-3-4-8/h7-9H,3-6,11H2,1-2H3,(H,12,13). The Labute approximate surface area is 85.2 Å². The summed E-state index contributed by atoms with van der Waals surface area (Å²) in [7, 11) is 1.62. The molecule has 0 aromatic carbocycles. The highest BCUT2D eigenvalue weighted by atomic mass is 16.5. The molecule has 0 aromatic rings. The number of methoxy groups -OCH3 is 1. The van der Waals surface area contributed by atoms with E-state index in [1.807, 2.05) is 6.92 Å². The van der Waals surface area contributed by atoms with Crippen LogP contribution >= 0.6 is 0 Å². The maximum absolute atomic E-state index is 11.4. The summed E-state index contributed by atoms with van der Waals surface area (Å²) in [4.78, 5) is 11.4. The van der Waals surface area contributed by atoms with E-state index in [1.54, 1.807) is 7.11 Å². The van der Waals surface area contributed by atoms with Gasteiger partial charge in [0.2, 0.25) is 5.91 Å². The van der Waals surface area contributed by atoms with E-state index in [0.717, 1.165) is 0 Å². The highest BCUT2D eigenvalue weighted by molar-refractivity contribution is 5.76. The molecule has 0 radical (unpaired) electrons. The van der Waals surface area contributed by atoms with Gasteiger partial charge in [0.15, 0.2) is 0 Å². The minimum atomic E-state index is 0.0361. The minimum Gasteiger partial charge on any atom is -0.383 e. The molecule has 4 heteroatoms. The van der Waals surface area contributed by atoms with Crippen molar-refractivity contribution >= 4 is 5.91 Å². The number of ether oxygens (including phenoxy) is 1.